The topological polar surface area (TPSA) is 70.0 Å². The quantitative estimate of drug-likeness (QED) is 0.614. The van der Waals surface area contributed by atoms with Crippen LogP contribution in [0.5, 0.6) is 0 Å². The number of ketones is 1. The summed E-state index contributed by atoms with van der Waals surface area (Å²) in [5, 5.41) is 10.8. The van der Waals surface area contributed by atoms with Crippen LogP contribution in [0.3, 0.4) is 0 Å². The number of hydrogen-bond donors (Lipinski definition) is 1. The smallest absolute Gasteiger partial charge is 0.252 e. The van der Waals surface area contributed by atoms with Gasteiger partial charge < -0.3 is 5.32 Å². The molecular weight excluding hydrogens is 204 g/mol. The van der Waals surface area contributed by atoms with E-state index >= 15 is 0 Å². The first-order valence-electron chi connectivity index (χ1n) is 4.83. The molecule has 0 unspecified atom stereocenters. The fourth-order valence-corrected chi connectivity index (χ4v) is 1.36. The highest BCUT2D eigenvalue weighted by molar-refractivity contribution is 6.00. The lowest BCUT2D eigenvalue weighted by atomic mass is 10.0. The predicted octanol–water partition coefficient (Wildman–Crippen LogP) is 1.45. The summed E-state index contributed by atoms with van der Waals surface area (Å²) in [4.78, 5) is 22.8. The fraction of sp³-hybridized carbons (Fsp3) is 0.250. The molecule has 1 rings (SSSR count). The number of Topliss-reactive ketones (excluding diaryl/α,β-unsaturated/α-hetero) is 1. The minimum atomic E-state index is -0.343. The lowest BCUT2D eigenvalue weighted by molar-refractivity contribution is 0.0958. The summed E-state index contributed by atoms with van der Waals surface area (Å²) in [6.07, 6.45) is 0. The Balaban J connectivity index is 2.99. The Bertz CT molecular complexity index is 472. The molecular formula is C12H12N2O2. The van der Waals surface area contributed by atoms with Gasteiger partial charge >= 0.3 is 0 Å². The van der Waals surface area contributed by atoms with Crippen molar-refractivity contribution in [3.05, 3.63) is 34.9 Å². The van der Waals surface area contributed by atoms with Gasteiger partial charge in [-0.1, -0.05) is 6.07 Å². The highest BCUT2D eigenvalue weighted by atomic mass is 16.1. The second-order valence-electron chi connectivity index (χ2n) is 3.43. The molecule has 0 fully saturated rings. The van der Waals surface area contributed by atoms with Crippen molar-refractivity contribution in [3.8, 4) is 6.07 Å². The van der Waals surface area contributed by atoms with Crippen LogP contribution in [0.25, 0.3) is 0 Å². The molecule has 0 aliphatic carbocycles. The van der Waals surface area contributed by atoms with Crippen LogP contribution in [0.1, 0.15) is 33.2 Å². The molecule has 0 bridgehead atoms. The molecule has 0 aliphatic rings. The van der Waals surface area contributed by atoms with Crippen LogP contribution < -0.4 is 5.32 Å². The van der Waals surface area contributed by atoms with Gasteiger partial charge in [-0.25, -0.2) is 0 Å². The lowest BCUT2D eigenvalue weighted by Crippen LogP contribution is -2.23. The van der Waals surface area contributed by atoms with Crippen molar-refractivity contribution in [1.29, 1.82) is 5.26 Å². The molecule has 1 N–H and O–H groups in total. The van der Waals surface area contributed by atoms with Crippen molar-refractivity contribution in [2.45, 2.75) is 13.8 Å². The fourth-order valence-electron chi connectivity index (χ4n) is 1.36. The largest absolute Gasteiger partial charge is 0.339 e. The summed E-state index contributed by atoms with van der Waals surface area (Å²) < 4.78 is 0. The van der Waals surface area contributed by atoms with Crippen molar-refractivity contribution >= 4 is 11.7 Å². The van der Waals surface area contributed by atoms with Crippen LogP contribution in [0, 0.1) is 18.3 Å². The molecule has 1 aromatic carbocycles. The van der Waals surface area contributed by atoms with E-state index in [1.165, 1.54) is 6.92 Å². The van der Waals surface area contributed by atoms with E-state index in [1.54, 1.807) is 18.2 Å². The third kappa shape index (κ3) is 2.67. The number of carbonyl (C=O) groups excluding carboxylic acids is 2. The molecule has 0 aliphatic heterocycles. The molecule has 1 amide bonds. The van der Waals surface area contributed by atoms with Gasteiger partial charge in [0.1, 0.15) is 6.54 Å². The average molecular weight is 216 g/mol. The van der Waals surface area contributed by atoms with Crippen molar-refractivity contribution in [3.63, 3.8) is 0 Å². The third-order valence-electron chi connectivity index (χ3n) is 2.21. The number of carbonyl (C=O) groups is 2. The standard InChI is InChI=1S/C12H12N2O2/c1-8-3-4-10(7-11(8)9(2)15)12(16)14-6-5-13/h3-4,7H,6H2,1-2H3,(H,14,16). The molecule has 1 aromatic rings. The number of nitrogens with one attached hydrogen (secondary N) is 1. The second kappa shape index (κ2) is 5.08. The van der Waals surface area contributed by atoms with E-state index in [2.05, 4.69) is 5.32 Å². The maximum Gasteiger partial charge on any atom is 0.252 e. The van der Waals surface area contributed by atoms with Crippen molar-refractivity contribution < 1.29 is 9.59 Å². The predicted molar refractivity (Wildman–Crippen MR) is 59.1 cm³/mol. The van der Waals surface area contributed by atoms with E-state index < -0.39 is 0 Å². The maximum atomic E-state index is 11.5. The number of nitrogens with zero attached hydrogens (tertiary/aromatic N) is 1. The van der Waals surface area contributed by atoms with E-state index in [0.29, 0.717) is 11.1 Å². The lowest BCUT2D eigenvalue weighted by Gasteiger charge is -2.05. The Morgan fingerprint density at radius 3 is 2.69 bits per heavy atom. The molecule has 16 heavy (non-hydrogen) atoms. The van der Waals surface area contributed by atoms with Crippen LogP contribution in [-0.4, -0.2) is 18.2 Å². The molecule has 0 radical (unpaired) electrons. The summed E-state index contributed by atoms with van der Waals surface area (Å²) in [6.45, 7) is 3.23. The van der Waals surface area contributed by atoms with E-state index in [9.17, 15) is 9.59 Å². The van der Waals surface area contributed by atoms with Gasteiger partial charge in [0.2, 0.25) is 0 Å². The minimum absolute atomic E-state index is 0.0396. The van der Waals surface area contributed by atoms with Crippen LogP contribution in [0.4, 0.5) is 0 Å². The van der Waals surface area contributed by atoms with Gasteiger partial charge in [-0.05, 0) is 31.5 Å². The van der Waals surface area contributed by atoms with Gasteiger partial charge in [0.25, 0.3) is 5.91 Å². The molecule has 82 valence electrons. The van der Waals surface area contributed by atoms with Gasteiger partial charge in [-0.15, -0.1) is 0 Å². The Kier molecular flexibility index (Phi) is 3.78. The molecule has 0 atom stereocenters. The van der Waals surface area contributed by atoms with Crippen LogP contribution in [0.15, 0.2) is 18.2 Å². The number of amides is 1. The van der Waals surface area contributed by atoms with Crippen molar-refractivity contribution in [2.75, 3.05) is 6.54 Å². The second-order valence-corrected chi connectivity index (χ2v) is 3.43. The average Bonchev–Trinajstić information content (AvgIpc) is 2.26. The number of rotatable bonds is 3. The molecule has 4 nitrogen and oxygen atoms in total. The van der Waals surface area contributed by atoms with E-state index in [-0.39, 0.29) is 18.2 Å². The van der Waals surface area contributed by atoms with Gasteiger partial charge in [-0.3, -0.25) is 9.59 Å². The molecule has 0 saturated heterocycles. The molecule has 0 heterocycles. The highest BCUT2D eigenvalue weighted by Crippen LogP contribution is 2.11. The van der Waals surface area contributed by atoms with Crippen LogP contribution in [-0.2, 0) is 0 Å². The van der Waals surface area contributed by atoms with Crippen LogP contribution >= 0.6 is 0 Å². The Morgan fingerprint density at radius 2 is 2.12 bits per heavy atom. The monoisotopic (exact) mass is 216 g/mol. The Hall–Kier alpha value is -2.15. The summed E-state index contributed by atoms with van der Waals surface area (Å²) in [7, 11) is 0. The van der Waals surface area contributed by atoms with E-state index in [1.807, 2.05) is 13.0 Å². The first kappa shape index (κ1) is 11.9. The van der Waals surface area contributed by atoms with Crippen molar-refractivity contribution in [1.82, 2.24) is 5.32 Å². The zero-order chi connectivity index (χ0) is 12.1. The van der Waals surface area contributed by atoms with Gasteiger partial charge in [0.05, 0.1) is 6.07 Å². The zero-order valence-electron chi connectivity index (χ0n) is 9.20. The number of nitriles is 1. The normalized spacial score (nSPS) is 9.31. The van der Waals surface area contributed by atoms with Crippen LogP contribution in [0.2, 0.25) is 0 Å². The third-order valence-corrected chi connectivity index (χ3v) is 2.21. The van der Waals surface area contributed by atoms with Gasteiger partial charge in [0.15, 0.2) is 5.78 Å². The van der Waals surface area contributed by atoms with E-state index in [4.69, 9.17) is 5.26 Å². The van der Waals surface area contributed by atoms with Gasteiger partial charge in [-0.2, -0.15) is 5.26 Å². The summed E-state index contributed by atoms with van der Waals surface area (Å²) in [5.41, 5.74) is 1.76. The van der Waals surface area contributed by atoms with Gasteiger partial charge in [0, 0.05) is 11.1 Å². The minimum Gasteiger partial charge on any atom is -0.339 e. The Morgan fingerprint density at radius 1 is 1.44 bits per heavy atom. The summed E-state index contributed by atoms with van der Waals surface area (Å²) >= 11 is 0. The molecule has 0 aromatic heterocycles. The van der Waals surface area contributed by atoms with Crippen molar-refractivity contribution in [2.24, 2.45) is 0 Å². The molecule has 4 heteroatoms. The summed E-state index contributed by atoms with van der Waals surface area (Å²) in [5.74, 6) is -0.420. The Labute approximate surface area is 93.9 Å². The van der Waals surface area contributed by atoms with E-state index in [0.717, 1.165) is 5.56 Å². The first-order chi connectivity index (χ1) is 7.56. The molecule has 0 spiro atoms. The SMILES string of the molecule is CC(=O)c1cc(C(=O)NCC#N)ccc1C. The number of benzene rings is 1. The summed E-state index contributed by atoms with van der Waals surface area (Å²) in [6, 6.07) is 6.72. The maximum absolute atomic E-state index is 11.5. The molecule has 0 saturated carbocycles. The number of hydrogen-bond acceptors (Lipinski definition) is 3. The highest BCUT2D eigenvalue weighted by Gasteiger charge is 2.09. The number of aryl methyl sites for hydroxylation is 1. The zero-order valence-corrected chi connectivity index (χ0v) is 9.20. The first-order valence-corrected chi connectivity index (χ1v) is 4.83.